The van der Waals surface area contributed by atoms with Crippen molar-refractivity contribution < 1.29 is 15.0 Å². The van der Waals surface area contributed by atoms with E-state index in [1.165, 1.54) is 0 Å². The van der Waals surface area contributed by atoms with Crippen LogP contribution in [0.25, 0.3) is 5.57 Å². The van der Waals surface area contributed by atoms with Crippen LogP contribution in [-0.2, 0) is 21.2 Å². The fraction of sp³-hybridized carbons (Fsp3) is 0.514. The van der Waals surface area contributed by atoms with Gasteiger partial charge in [-0.25, -0.2) is 0 Å². The summed E-state index contributed by atoms with van der Waals surface area (Å²) < 4.78 is 0. The Labute approximate surface area is 230 Å². The van der Waals surface area contributed by atoms with Gasteiger partial charge in [0.2, 0.25) is 0 Å². The number of carboxylic acids is 1. The molecule has 1 aliphatic carbocycles. The molecule has 2 aromatic carbocycles. The molecule has 2 N–H and O–H groups in total. The predicted octanol–water partition coefficient (Wildman–Crippen LogP) is 8.94. The highest BCUT2D eigenvalue weighted by Crippen LogP contribution is 2.53. The lowest BCUT2D eigenvalue weighted by atomic mass is 9.63. The molecule has 0 aromatic heterocycles. The van der Waals surface area contributed by atoms with Gasteiger partial charge in [-0.1, -0.05) is 123 Å². The van der Waals surface area contributed by atoms with Crippen LogP contribution in [0.1, 0.15) is 116 Å². The van der Waals surface area contributed by atoms with Gasteiger partial charge in [0, 0.05) is 0 Å². The molecule has 3 nitrogen and oxygen atoms in total. The third kappa shape index (κ3) is 5.83. The number of rotatable bonds is 9. The highest BCUT2D eigenvalue weighted by molar-refractivity contribution is 5.94. The van der Waals surface area contributed by atoms with Gasteiger partial charge in [0.25, 0.3) is 0 Å². The van der Waals surface area contributed by atoms with E-state index < -0.39 is 17.5 Å². The Bertz CT molecular complexity index is 1200. The molecule has 0 fully saturated rings. The smallest absolute Gasteiger partial charge is 0.314 e. The molecule has 0 bridgehead atoms. The molecule has 2 unspecified atom stereocenters. The van der Waals surface area contributed by atoms with Gasteiger partial charge in [-0.2, -0.15) is 0 Å². The average Bonchev–Trinajstić information content (AvgIpc) is 2.85. The number of carboxylic acid groups (broad SMARTS) is 1. The summed E-state index contributed by atoms with van der Waals surface area (Å²) in [5.41, 5.74) is 4.74. The first-order valence-corrected chi connectivity index (χ1v) is 14.4. The third-order valence-corrected chi connectivity index (χ3v) is 7.90. The molecule has 3 rings (SSSR count). The number of hydrogen-bond donors (Lipinski definition) is 2. The first-order valence-electron chi connectivity index (χ1n) is 14.4. The Morgan fingerprint density at radius 1 is 0.816 bits per heavy atom. The van der Waals surface area contributed by atoms with Crippen LogP contribution >= 0.6 is 0 Å². The molecular formula is C35H48O3. The highest BCUT2D eigenvalue weighted by atomic mass is 16.4. The van der Waals surface area contributed by atoms with Gasteiger partial charge in [0.15, 0.2) is 0 Å². The van der Waals surface area contributed by atoms with E-state index >= 15 is 0 Å². The monoisotopic (exact) mass is 516 g/mol. The number of aliphatic hydroxyl groups is 1. The zero-order valence-corrected chi connectivity index (χ0v) is 24.8. The molecule has 206 valence electrons. The Hall–Kier alpha value is -2.65. The fourth-order valence-electron chi connectivity index (χ4n) is 5.97. The van der Waals surface area contributed by atoms with Crippen molar-refractivity contribution in [1.82, 2.24) is 0 Å². The van der Waals surface area contributed by atoms with Crippen LogP contribution in [-0.4, -0.2) is 16.2 Å². The molecule has 0 spiro atoms. The second-order valence-electron chi connectivity index (χ2n) is 12.9. The summed E-state index contributed by atoms with van der Waals surface area (Å²) in [5.74, 6) is -1.67. The zero-order valence-electron chi connectivity index (χ0n) is 24.8. The van der Waals surface area contributed by atoms with Gasteiger partial charge >= 0.3 is 5.97 Å². The summed E-state index contributed by atoms with van der Waals surface area (Å²) in [4.78, 5) is 13.0. The number of unbranched alkanes of at least 4 members (excludes halogenated alkanes) is 2. The lowest BCUT2D eigenvalue weighted by molar-refractivity contribution is -0.138. The van der Waals surface area contributed by atoms with Crippen LogP contribution in [0.5, 0.6) is 0 Å². The molecule has 0 amide bonds. The summed E-state index contributed by atoms with van der Waals surface area (Å²) in [6.45, 7) is 17.3. The minimum absolute atomic E-state index is 0.184. The van der Waals surface area contributed by atoms with Crippen molar-refractivity contribution in [2.75, 3.05) is 0 Å². The van der Waals surface area contributed by atoms with E-state index in [0.29, 0.717) is 12.8 Å². The van der Waals surface area contributed by atoms with Crippen LogP contribution in [0.15, 0.2) is 65.8 Å². The van der Waals surface area contributed by atoms with E-state index in [1.807, 2.05) is 30.3 Å². The summed E-state index contributed by atoms with van der Waals surface area (Å²) in [7, 11) is 0. The summed E-state index contributed by atoms with van der Waals surface area (Å²) in [6, 6.07) is 16.4. The van der Waals surface area contributed by atoms with E-state index in [1.54, 1.807) is 0 Å². The lowest BCUT2D eigenvalue weighted by Gasteiger charge is -2.44. The van der Waals surface area contributed by atoms with Crippen molar-refractivity contribution in [1.29, 1.82) is 0 Å². The van der Waals surface area contributed by atoms with Crippen LogP contribution in [0.3, 0.4) is 0 Å². The zero-order chi connectivity index (χ0) is 28.3. The largest absolute Gasteiger partial charge is 0.481 e. The lowest BCUT2D eigenvalue weighted by Crippen LogP contribution is -2.39. The van der Waals surface area contributed by atoms with Crippen LogP contribution in [0.4, 0.5) is 0 Å². The maximum absolute atomic E-state index is 13.2. The van der Waals surface area contributed by atoms with Gasteiger partial charge < -0.3 is 10.2 Å². The maximum atomic E-state index is 13.2. The van der Waals surface area contributed by atoms with Crippen molar-refractivity contribution in [3.05, 3.63) is 88.0 Å². The Morgan fingerprint density at radius 2 is 1.34 bits per heavy atom. The maximum Gasteiger partial charge on any atom is 0.314 e. The Balaban J connectivity index is 2.53. The first kappa shape index (κ1) is 29.9. The van der Waals surface area contributed by atoms with Crippen molar-refractivity contribution in [2.24, 2.45) is 5.92 Å². The Morgan fingerprint density at radius 3 is 1.89 bits per heavy atom. The summed E-state index contributed by atoms with van der Waals surface area (Å²) in [5, 5.41) is 23.8. The Kier molecular flexibility index (Phi) is 9.14. The average molecular weight is 517 g/mol. The standard InChI is InChI=1S/C35H48O3/c1-9-11-17-24-23-26(32(36)37)31(25-18-13-14-20-27(25)33(3,4)5)30(19-12-10-2)35(24,38)29-22-16-15-21-28(29)34(6,7)8/h13-16,18,20-23,26,38H,9-12,17,19H2,1-8H3,(H,36,37). The molecule has 0 radical (unpaired) electrons. The molecule has 1 aliphatic rings. The second-order valence-corrected chi connectivity index (χ2v) is 12.9. The van der Waals surface area contributed by atoms with E-state index in [4.69, 9.17) is 0 Å². The summed E-state index contributed by atoms with van der Waals surface area (Å²) >= 11 is 0. The van der Waals surface area contributed by atoms with Crippen molar-refractivity contribution in [3.8, 4) is 0 Å². The van der Waals surface area contributed by atoms with Crippen molar-refractivity contribution in [2.45, 2.75) is 110 Å². The number of benzene rings is 2. The molecule has 2 atom stereocenters. The number of carbonyl (C=O) groups is 1. The van der Waals surface area contributed by atoms with E-state index in [9.17, 15) is 15.0 Å². The highest BCUT2D eigenvalue weighted by Gasteiger charge is 2.47. The van der Waals surface area contributed by atoms with Crippen molar-refractivity contribution >= 4 is 11.5 Å². The third-order valence-electron chi connectivity index (χ3n) is 7.90. The quantitative estimate of drug-likeness (QED) is 0.327. The molecule has 0 aliphatic heterocycles. The van der Waals surface area contributed by atoms with Gasteiger partial charge in [0.1, 0.15) is 11.5 Å². The molecule has 3 heteroatoms. The topological polar surface area (TPSA) is 57.5 Å². The molecule has 0 heterocycles. The van der Waals surface area contributed by atoms with Gasteiger partial charge in [-0.3, -0.25) is 4.79 Å². The first-order chi connectivity index (χ1) is 17.8. The van der Waals surface area contributed by atoms with Crippen LogP contribution in [0.2, 0.25) is 0 Å². The van der Waals surface area contributed by atoms with Gasteiger partial charge in [-0.05, 0) is 75.5 Å². The van der Waals surface area contributed by atoms with E-state index in [0.717, 1.165) is 64.7 Å². The fourth-order valence-corrected chi connectivity index (χ4v) is 5.97. The molecule has 0 saturated carbocycles. The van der Waals surface area contributed by atoms with Crippen LogP contribution < -0.4 is 0 Å². The van der Waals surface area contributed by atoms with Gasteiger partial charge in [0.05, 0.1) is 0 Å². The second kappa shape index (κ2) is 11.6. The SMILES string of the molecule is CCCCC1=CC(C(=O)O)C(c2ccccc2C(C)(C)C)=C(CCCC)C1(O)c1ccccc1C(C)(C)C. The minimum atomic E-state index is -1.36. The van der Waals surface area contributed by atoms with E-state index in [2.05, 4.69) is 79.7 Å². The number of aliphatic carboxylic acids is 1. The predicted molar refractivity (Wildman–Crippen MR) is 159 cm³/mol. The van der Waals surface area contributed by atoms with E-state index in [-0.39, 0.29) is 10.8 Å². The van der Waals surface area contributed by atoms with Crippen LogP contribution in [0, 0.1) is 5.92 Å². The van der Waals surface area contributed by atoms with Crippen molar-refractivity contribution in [3.63, 3.8) is 0 Å². The minimum Gasteiger partial charge on any atom is -0.481 e. The molecule has 2 aromatic rings. The molecule has 38 heavy (non-hydrogen) atoms. The van der Waals surface area contributed by atoms with Gasteiger partial charge in [-0.15, -0.1) is 0 Å². The number of hydrogen-bond acceptors (Lipinski definition) is 2. The summed E-state index contributed by atoms with van der Waals surface area (Å²) in [6.07, 6.45) is 6.89. The molecular weight excluding hydrogens is 468 g/mol. The normalized spacial score (nSPS) is 20.4. The molecule has 0 saturated heterocycles.